The number of carbonyl (C=O) groups is 1. The zero-order valence-corrected chi connectivity index (χ0v) is 11.4. The van der Waals surface area contributed by atoms with Crippen LogP contribution in [0.2, 0.25) is 0 Å². The van der Waals surface area contributed by atoms with E-state index < -0.39 is 0 Å². The van der Waals surface area contributed by atoms with E-state index in [-0.39, 0.29) is 18.1 Å². The Balaban J connectivity index is 1.87. The van der Waals surface area contributed by atoms with Crippen molar-refractivity contribution < 1.29 is 9.90 Å². The molecular formula is C15H22N2O2. The molecule has 0 radical (unpaired) electrons. The van der Waals surface area contributed by atoms with Crippen molar-refractivity contribution >= 4 is 5.91 Å². The van der Waals surface area contributed by atoms with Gasteiger partial charge in [0.1, 0.15) is 0 Å². The molecule has 4 nitrogen and oxygen atoms in total. The predicted octanol–water partition coefficient (Wildman–Crippen LogP) is 1.44. The van der Waals surface area contributed by atoms with Gasteiger partial charge in [-0.15, -0.1) is 0 Å². The van der Waals surface area contributed by atoms with Crippen LogP contribution in [-0.4, -0.2) is 30.2 Å². The molecule has 2 atom stereocenters. The van der Waals surface area contributed by atoms with Gasteiger partial charge in [0.2, 0.25) is 0 Å². The second-order valence-corrected chi connectivity index (χ2v) is 5.12. The zero-order valence-electron chi connectivity index (χ0n) is 11.4. The van der Waals surface area contributed by atoms with Crippen LogP contribution in [0.1, 0.15) is 41.6 Å². The first-order valence-electron chi connectivity index (χ1n) is 6.93. The van der Waals surface area contributed by atoms with Gasteiger partial charge in [-0.25, -0.2) is 0 Å². The molecule has 3 N–H and O–H groups in total. The number of hydrogen-bond acceptors (Lipinski definition) is 3. The molecule has 2 unspecified atom stereocenters. The van der Waals surface area contributed by atoms with E-state index >= 15 is 0 Å². The van der Waals surface area contributed by atoms with Crippen LogP contribution in [0.4, 0.5) is 0 Å². The average Bonchev–Trinajstić information content (AvgIpc) is 2.46. The van der Waals surface area contributed by atoms with Crippen LogP contribution >= 0.6 is 0 Å². The smallest absolute Gasteiger partial charge is 0.251 e. The minimum atomic E-state index is -0.223. The second-order valence-electron chi connectivity index (χ2n) is 5.12. The lowest BCUT2D eigenvalue weighted by Crippen LogP contribution is -2.41. The molecule has 1 aliphatic rings. The summed E-state index contributed by atoms with van der Waals surface area (Å²) in [6, 6.07) is 7.76. The molecule has 1 amide bonds. The van der Waals surface area contributed by atoms with E-state index in [2.05, 4.69) is 10.6 Å². The highest BCUT2D eigenvalue weighted by atomic mass is 16.3. The molecule has 0 saturated heterocycles. The van der Waals surface area contributed by atoms with Crippen molar-refractivity contribution in [3.05, 3.63) is 35.4 Å². The summed E-state index contributed by atoms with van der Waals surface area (Å²) in [5.41, 5.74) is 1.80. The Labute approximate surface area is 114 Å². The SMILES string of the molecule is CNC(=O)c1ccc(CNC2CCCCC2O)cc1. The van der Waals surface area contributed by atoms with E-state index in [0.29, 0.717) is 5.56 Å². The number of amides is 1. The van der Waals surface area contributed by atoms with E-state index in [0.717, 1.165) is 31.4 Å². The van der Waals surface area contributed by atoms with Crippen molar-refractivity contribution in [3.63, 3.8) is 0 Å². The lowest BCUT2D eigenvalue weighted by Gasteiger charge is -2.28. The van der Waals surface area contributed by atoms with Gasteiger partial charge in [0.05, 0.1) is 6.10 Å². The first-order valence-corrected chi connectivity index (χ1v) is 6.93. The molecule has 0 heterocycles. The minimum Gasteiger partial charge on any atom is -0.392 e. The van der Waals surface area contributed by atoms with Crippen LogP contribution in [-0.2, 0) is 6.54 Å². The van der Waals surface area contributed by atoms with E-state index in [1.807, 2.05) is 24.3 Å². The highest BCUT2D eigenvalue weighted by Crippen LogP contribution is 2.18. The van der Waals surface area contributed by atoms with Crippen molar-refractivity contribution in [3.8, 4) is 0 Å². The van der Waals surface area contributed by atoms with Crippen LogP contribution in [0.5, 0.6) is 0 Å². The number of hydrogen-bond donors (Lipinski definition) is 3. The molecule has 1 aromatic carbocycles. The molecule has 4 heteroatoms. The van der Waals surface area contributed by atoms with Crippen molar-refractivity contribution in [1.29, 1.82) is 0 Å². The van der Waals surface area contributed by atoms with Crippen LogP contribution in [0, 0.1) is 0 Å². The summed E-state index contributed by atoms with van der Waals surface area (Å²) >= 11 is 0. The Hall–Kier alpha value is -1.39. The molecule has 1 fully saturated rings. The third-order valence-electron chi connectivity index (χ3n) is 3.74. The van der Waals surface area contributed by atoms with Gasteiger partial charge in [-0.2, -0.15) is 0 Å². The number of nitrogens with one attached hydrogen (secondary N) is 2. The number of carbonyl (C=O) groups excluding carboxylic acids is 1. The van der Waals surface area contributed by atoms with E-state index in [4.69, 9.17) is 0 Å². The Kier molecular flexibility index (Phi) is 4.93. The highest BCUT2D eigenvalue weighted by Gasteiger charge is 2.21. The molecule has 0 aliphatic heterocycles. The van der Waals surface area contributed by atoms with Gasteiger partial charge in [-0.3, -0.25) is 4.79 Å². The average molecular weight is 262 g/mol. The minimum absolute atomic E-state index is 0.0674. The second kappa shape index (κ2) is 6.68. The molecular weight excluding hydrogens is 240 g/mol. The maximum absolute atomic E-state index is 11.4. The van der Waals surface area contributed by atoms with Gasteiger partial charge in [-0.05, 0) is 30.5 Å². The van der Waals surface area contributed by atoms with Crippen molar-refractivity contribution in [2.75, 3.05) is 7.05 Å². The fourth-order valence-corrected chi connectivity index (χ4v) is 2.52. The summed E-state index contributed by atoms with van der Waals surface area (Å²) in [5.74, 6) is -0.0674. The third-order valence-corrected chi connectivity index (χ3v) is 3.74. The number of rotatable bonds is 4. The van der Waals surface area contributed by atoms with Gasteiger partial charge in [0.25, 0.3) is 5.91 Å². The fourth-order valence-electron chi connectivity index (χ4n) is 2.52. The maximum Gasteiger partial charge on any atom is 0.251 e. The fraction of sp³-hybridized carbons (Fsp3) is 0.533. The molecule has 2 rings (SSSR count). The number of benzene rings is 1. The molecule has 0 spiro atoms. The lowest BCUT2D eigenvalue weighted by atomic mass is 9.92. The molecule has 19 heavy (non-hydrogen) atoms. The maximum atomic E-state index is 11.4. The first kappa shape index (κ1) is 14.0. The topological polar surface area (TPSA) is 61.4 Å². The third kappa shape index (κ3) is 3.78. The molecule has 1 saturated carbocycles. The highest BCUT2D eigenvalue weighted by molar-refractivity contribution is 5.93. The summed E-state index contributed by atoms with van der Waals surface area (Å²) in [6.07, 6.45) is 4.02. The first-order chi connectivity index (χ1) is 9.20. The monoisotopic (exact) mass is 262 g/mol. The van der Waals surface area contributed by atoms with Gasteiger partial charge >= 0.3 is 0 Å². The lowest BCUT2D eigenvalue weighted by molar-refractivity contribution is 0.0902. The number of aliphatic hydroxyl groups is 1. The molecule has 0 bridgehead atoms. The van der Waals surface area contributed by atoms with Crippen molar-refractivity contribution in [1.82, 2.24) is 10.6 Å². The van der Waals surface area contributed by atoms with Gasteiger partial charge in [0.15, 0.2) is 0 Å². The zero-order chi connectivity index (χ0) is 13.7. The van der Waals surface area contributed by atoms with Gasteiger partial charge in [-0.1, -0.05) is 25.0 Å². The molecule has 0 aromatic heterocycles. The quantitative estimate of drug-likeness (QED) is 0.769. The Morgan fingerprint density at radius 1 is 1.26 bits per heavy atom. The van der Waals surface area contributed by atoms with Gasteiger partial charge < -0.3 is 15.7 Å². The van der Waals surface area contributed by atoms with Crippen LogP contribution in [0.3, 0.4) is 0 Å². The molecule has 1 aromatic rings. The Morgan fingerprint density at radius 3 is 2.58 bits per heavy atom. The Bertz CT molecular complexity index is 417. The standard InChI is InChI=1S/C15H22N2O2/c1-16-15(19)12-8-6-11(7-9-12)10-17-13-4-2-3-5-14(13)18/h6-9,13-14,17-18H,2-5,10H2,1H3,(H,16,19). The largest absolute Gasteiger partial charge is 0.392 e. The van der Waals surface area contributed by atoms with Crippen molar-refractivity contribution in [2.45, 2.75) is 44.4 Å². The van der Waals surface area contributed by atoms with Crippen molar-refractivity contribution in [2.24, 2.45) is 0 Å². The summed E-state index contributed by atoms with van der Waals surface area (Å²) in [4.78, 5) is 11.4. The Morgan fingerprint density at radius 2 is 1.95 bits per heavy atom. The van der Waals surface area contributed by atoms with Crippen LogP contribution in [0.25, 0.3) is 0 Å². The summed E-state index contributed by atoms with van der Waals surface area (Å²) < 4.78 is 0. The van der Waals surface area contributed by atoms with E-state index in [1.165, 1.54) is 6.42 Å². The van der Waals surface area contributed by atoms with E-state index in [1.54, 1.807) is 7.05 Å². The van der Waals surface area contributed by atoms with E-state index in [9.17, 15) is 9.90 Å². The summed E-state index contributed by atoms with van der Waals surface area (Å²) in [7, 11) is 1.63. The molecule has 104 valence electrons. The van der Waals surface area contributed by atoms with Crippen LogP contribution < -0.4 is 10.6 Å². The molecule has 1 aliphatic carbocycles. The summed E-state index contributed by atoms with van der Waals surface area (Å²) in [6.45, 7) is 0.732. The predicted molar refractivity (Wildman–Crippen MR) is 74.9 cm³/mol. The number of aliphatic hydroxyl groups excluding tert-OH is 1. The van der Waals surface area contributed by atoms with Crippen LogP contribution in [0.15, 0.2) is 24.3 Å². The normalized spacial score (nSPS) is 23.1. The van der Waals surface area contributed by atoms with Gasteiger partial charge in [0, 0.05) is 25.2 Å². The summed E-state index contributed by atoms with van der Waals surface area (Å²) in [5, 5.41) is 15.9.